The second-order valence-electron chi connectivity index (χ2n) is 4.96. The first-order chi connectivity index (χ1) is 5.96. The van der Waals surface area contributed by atoms with Crippen molar-refractivity contribution >= 4 is 5.91 Å². The molecule has 0 aromatic heterocycles. The van der Waals surface area contributed by atoms with Gasteiger partial charge in [-0.25, -0.2) is 0 Å². The first-order valence-corrected chi connectivity index (χ1v) is 5.26. The van der Waals surface area contributed by atoms with Gasteiger partial charge in [0.05, 0.1) is 0 Å². The Balaban J connectivity index is 2.70. The van der Waals surface area contributed by atoms with Crippen LogP contribution in [0.4, 0.5) is 0 Å². The van der Waals surface area contributed by atoms with Gasteiger partial charge in [-0.1, -0.05) is 27.7 Å². The Hall–Kier alpha value is -0.530. The Morgan fingerprint density at radius 3 is 2.54 bits per heavy atom. The maximum absolute atomic E-state index is 11.6. The summed E-state index contributed by atoms with van der Waals surface area (Å²) in [6, 6.07) is 0.458. The lowest BCUT2D eigenvalue weighted by molar-refractivity contribution is -0.133. The van der Waals surface area contributed by atoms with Crippen LogP contribution in [0.2, 0.25) is 0 Å². The Morgan fingerprint density at radius 2 is 2.08 bits per heavy atom. The van der Waals surface area contributed by atoms with Crippen LogP contribution in [0.1, 0.15) is 47.0 Å². The van der Waals surface area contributed by atoms with E-state index in [2.05, 4.69) is 25.7 Å². The lowest BCUT2D eigenvalue weighted by Gasteiger charge is -2.35. The van der Waals surface area contributed by atoms with E-state index in [0.717, 1.165) is 6.54 Å². The topological polar surface area (TPSA) is 20.3 Å². The number of amides is 1. The van der Waals surface area contributed by atoms with Gasteiger partial charge in [0.15, 0.2) is 0 Å². The van der Waals surface area contributed by atoms with Gasteiger partial charge in [0, 0.05) is 19.0 Å². The fourth-order valence-corrected chi connectivity index (χ4v) is 2.17. The van der Waals surface area contributed by atoms with E-state index in [0.29, 0.717) is 18.4 Å². The van der Waals surface area contributed by atoms with Crippen molar-refractivity contribution < 1.29 is 4.79 Å². The molecule has 0 saturated carbocycles. The van der Waals surface area contributed by atoms with Crippen molar-refractivity contribution in [2.45, 2.75) is 53.0 Å². The second-order valence-corrected chi connectivity index (χ2v) is 4.96. The summed E-state index contributed by atoms with van der Waals surface area (Å²) >= 11 is 0. The third kappa shape index (κ3) is 2.23. The standard InChI is InChI=1S/C11H21NO/c1-5-10(13)12-8-6-7-9(12)11(2,3)4/h9H,5-8H2,1-4H3. The van der Waals surface area contributed by atoms with E-state index in [1.807, 2.05) is 6.92 Å². The summed E-state index contributed by atoms with van der Waals surface area (Å²) in [5.41, 5.74) is 0.237. The number of carbonyl (C=O) groups is 1. The van der Waals surface area contributed by atoms with E-state index in [9.17, 15) is 4.79 Å². The molecule has 0 N–H and O–H groups in total. The lowest BCUT2D eigenvalue weighted by atomic mass is 9.85. The van der Waals surface area contributed by atoms with Gasteiger partial charge < -0.3 is 4.90 Å². The molecule has 0 bridgehead atoms. The predicted octanol–water partition coefficient (Wildman–Crippen LogP) is 2.43. The van der Waals surface area contributed by atoms with Crippen LogP contribution in [0, 0.1) is 5.41 Å². The normalized spacial score (nSPS) is 23.7. The van der Waals surface area contributed by atoms with Crippen LogP contribution in [-0.2, 0) is 4.79 Å². The van der Waals surface area contributed by atoms with Crippen LogP contribution < -0.4 is 0 Å². The minimum Gasteiger partial charge on any atom is -0.339 e. The molecule has 1 rings (SSSR count). The molecule has 76 valence electrons. The first-order valence-electron chi connectivity index (χ1n) is 5.26. The SMILES string of the molecule is CCC(=O)N1CCCC1C(C)(C)C. The van der Waals surface area contributed by atoms with E-state index in [-0.39, 0.29) is 5.41 Å². The largest absolute Gasteiger partial charge is 0.339 e. The molecule has 1 fully saturated rings. The summed E-state index contributed by atoms with van der Waals surface area (Å²) in [6.45, 7) is 9.58. The zero-order chi connectivity index (χ0) is 10.1. The molecule has 1 aliphatic rings. The molecule has 13 heavy (non-hydrogen) atoms. The van der Waals surface area contributed by atoms with Crippen LogP contribution in [0.3, 0.4) is 0 Å². The highest BCUT2D eigenvalue weighted by Gasteiger charge is 2.35. The Labute approximate surface area is 81.3 Å². The average Bonchev–Trinajstić information content (AvgIpc) is 2.49. The minimum absolute atomic E-state index is 0.237. The van der Waals surface area contributed by atoms with E-state index in [1.165, 1.54) is 12.8 Å². The van der Waals surface area contributed by atoms with Gasteiger partial charge in [0.2, 0.25) is 5.91 Å². The van der Waals surface area contributed by atoms with Gasteiger partial charge in [-0.2, -0.15) is 0 Å². The average molecular weight is 183 g/mol. The highest BCUT2D eigenvalue weighted by Crippen LogP contribution is 2.32. The zero-order valence-corrected chi connectivity index (χ0v) is 9.26. The van der Waals surface area contributed by atoms with Crippen molar-refractivity contribution in [3.8, 4) is 0 Å². The number of hydrogen-bond donors (Lipinski definition) is 0. The number of nitrogens with zero attached hydrogens (tertiary/aromatic N) is 1. The highest BCUT2D eigenvalue weighted by atomic mass is 16.2. The van der Waals surface area contributed by atoms with Gasteiger partial charge in [-0.15, -0.1) is 0 Å². The van der Waals surface area contributed by atoms with E-state index >= 15 is 0 Å². The molecule has 1 saturated heterocycles. The van der Waals surface area contributed by atoms with E-state index < -0.39 is 0 Å². The molecular weight excluding hydrogens is 162 g/mol. The molecule has 0 spiro atoms. The molecule has 0 aromatic carbocycles. The molecular formula is C11H21NO. The molecule has 2 heteroatoms. The van der Waals surface area contributed by atoms with Crippen LogP contribution in [0.15, 0.2) is 0 Å². The third-order valence-corrected chi connectivity index (χ3v) is 2.88. The summed E-state index contributed by atoms with van der Waals surface area (Å²) in [4.78, 5) is 13.7. The van der Waals surface area contributed by atoms with Crippen molar-refractivity contribution in [1.29, 1.82) is 0 Å². The molecule has 0 radical (unpaired) electrons. The molecule has 1 unspecified atom stereocenters. The van der Waals surface area contributed by atoms with Gasteiger partial charge in [-0.05, 0) is 18.3 Å². The summed E-state index contributed by atoms with van der Waals surface area (Å²) in [6.07, 6.45) is 3.00. The Bertz CT molecular complexity index is 193. The highest BCUT2D eigenvalue weighted by molar-refractivity contribution is 5.76. The van der Waals surface area contributed by atoms with Crippen molar-refractivity contribution in [1.82, 2.24) is 4.90 Å². The van der Waals surface area contributed by atoms with Crippen molar-refractivity contribution in [3.05, 3.63) is 0 Å². The second kappa shape index (κ2) is 3.69. The fourth-order valence-electron chi connectivity index (χ4n) is 2.17. The zero-order valence-electron chi connectivity index (χ0n) is 9.26. The third-order valence-electron chi connectivity index (χ3n) is 2.88. The van der Waals surface area contributed by atoms with E-state index in [4.69, 9.17) is 0 Å². The van der Waals surface area contributed by atoms with Crippen LogP contribution in [0.25, 0.3) is 0 Å². The first kappa shape index (κ1) is 10.6. The van der Waals surface area contributed by atoms with Gasteiger partial charge >= 0.3 is 0 Å². The number of rotatable bonds is 1. The molecule has 1 aliphatic heterocycles. The fraction of sp³-hybridized carbons (Fsp3) is 0.909. The lowest BCUT2D eigenvalue weighted by Crippen LogP contribution is -2.42. The van der Waals surface area contributed by atoms with Crippen LogP contribution in [-0.4, -0.2) is 23.4 Å². The Morgan fingerprint density at radius 1 is 1.46 bits per heavy atom. The summed E-state index contributed by atoms with van der Waals surface area (Å²) in [7, 11) is 0. The summed E-state index contributed by atoms with van der Waals surface area (Å²) in [5, 5.41) is 0. The number of hydrogen-bond acceptors (Lipinski definition) is 1. The van der Waals surface area contributed by atoms with Crippen molar-refractivity contribution in [2.75, 3.05) is 6.54 Å². The number of carbonyl (C=O) groups excluding carboxylic acids is 1. The van der Waals surface area contributed by atoms with E-state index in [1.54, 1.807) is 0 Å². The van der Waals surface area contributed by atoms with Crippen LogP contribution >= 0.6 is 0 Å². The minimum atomic E-state index is 0.237. The van der Waals surface area contributed by atoms with Crippen molar-refractivity contribution in [2.24, 2.45) is 5.41 Å². The predicted molar refractivity (Wildman–Crippen MR) is 54.5 cm³/mol. The van der Waals surface area contributed by atoms with Gasteiger partial charge in [-0.3, -0.25) is 4.79 Å². The maximum atomic E-state index is 11.6. The smallest absolute Gasteiger partial charge is 0.222 e. The maximum Gasteiger partial charge on any atom is 0.222 e. The number of likely N-dealkylation sites (tertiary alicyclic amines) is 1. The monoisotopic (exact) mass is 183 g/mol. The van der Waals surface area contributed by atoms with Crippen molar-refractivity contribution in [3.63, 3.8) is 0 Å². The van der Waals surface area contributed by atoms with Crippen LogP contribution in [0.5, 0.6) is 0 Å². The molecule has 0 aliphatic carbocycles. The summed E-state index contributed by atoms with van der Waals surface area (Å²) in [5.74, 6) is 0.317. The molecule has 2 nitrogen and oxygen atoms in total. The Kier molecular flexibility index (Phi) is 2.99. The molecule has 0 aromatic rings. The van der Waals surface area contributed by atoms with Gasteiger partial charge in [0.1, 0.15) is 0 Å². The quantitative estimate of drug-likeness (QED) is 0.611. The molecule has 1 heterocycles. The van der Waals surface area contributed by atoms with Gasteiger partial charge in [0.25, 0.3) is 0 Å². The molecule has 1 atom stereocenters. The summed E-state index contributed by atoms with van der Waals surface area (Å²) < 4.78 is 0. The molecule has 1 amide bonds.